The Hall–Kier alpha value is -0.720. The molecule has 1 heterocycles. The molecule has 1 rings (SSSR count). The Kier molecular flexibility index (Phi) is 2.96. The molecule has 0 bridgehead atoms. The Labute approximate surface area is 74.8 Å². The van der Waals surface area contributed by atoms with Crippen molar-refractivity contribution in [1.29, 1.82) is 0 Å². The summed E-state index contributed by atoms with van der Waals surface area (Å²) in [6.07, 6.45) is 4.89. The molecule has 0 saturated carbocycles. The number of hydrogen-bond acceptors (Lipinski definition) is 1. The highest BCUT2D eigenvalue weighted by Gasteiger charge is 2.09. The van der Waals surface area contributed by atoms with Gasteiger partial charge in [0.2, 0.25) is 0 Å². The first kappa shape index (κ1) is 9.37. The summed E-state index contributed by atoms with van der Waals surface area (Å²) in [4.78, 5) is 0. The molecule has 0 amide bonds. The second-order valence-corrected chi connectivity index (χ2v) is 4.11. The first-order valence-electron chi connectivity index (χ1n) is 4.66. The lowest BCUT2D eigenvalue weighted by atomic mass is 9.96. The molecule has 0 aliphatic heterocycles. The van der Waals surface area contributed by atoms with Crippen LogP contribution < -0.4 is 0 Å². The number of furan rings is 1. The fourth-order valence-corrected chi connectivity index (χ4v) is 1.45. The van der Waals surface area contributed by atoms with E-state index < -0.39 is 0 Å². The van der Waals surface area contributed by atoms with E-state index in [2.05, 4.69) is 27.7 Å². The minimum absolute atomic E-state index is 0.581. The van der Waals surface area contributed by atoms with Gasteiger partial charge in [-0.15, -0.1) is 0 Å². The Morgan fingerprint density at radius 3 is 2.33 bits per heavy atom. The van der Waals surface area contributed by atoms with Crippen LogP contribution in [-0.2, 0) is 6.42 Å². The summed E-state index contributed by atoms with van der Waals surface area (Å²) in [5.41, 5.74) is 2.74. The Morgan fingerprint density at radius 2 is 1.83 bits per heavy atom. The van der Waals surface area contributed by atoms with Crippen LogP contribution in [0.1, 0.15) is 44.7 Å². The highest BCUT2D eigenvalue weighted by Crippen LogP contribution is 2.22. The molecule has 0 fully saturated rings. The van der Waals surface area contributed by atoms with Gasteiger partial charge >= 0.3 is 0 Å². The Balaban J connectivity index is 2.77. The van der Waals surface area contributed by atoms with Crippen LogP contribution in [0.4, 0.5) is 0 Å². The van der Waals surface area contributed by atoms with Crippen LogP contribution >= 0.6 is 0 Å². The summed E-state index contributed by atoms with van der Waals surface area (Å²) in [6, 6.07) is 0. The average molecular weight is 166 g/mol. The van der Waals surface area contributed by atoms with E-state index in [1.807, 2.05) is 12.5 Å². The van der Waals surface area contributed by atoms with Crippen LogP contribution in [0.5, 0.6) is 0 Å². The van der Waals surface area contributed by atoms with E-state index in [1.165, 1.54) is 11.1 Å². The van der Waals surface area contributed by atoms with Gasteiger partial charge in [0.05, 0.1) is 12.5 Å². The van der Waals surface area contributed by atoms with E-state index >= 15 is 0 Å². The van der Waals surface area contributed by atoms with E-state index in [-0.39, 0.29) is 0 Å². The van der Waals surface area contributed by atoms with Gasteiger partial charge in [-0.3, -0.25) is 0 Å². The normalized spacial score (nSPS) is 11.5. The summed E-state index contributed by atoms with van der Waals surface area (Å²) < 4.78 is 5.21. The SMILES string of the molecule is CC(C)Cc1cocc1C(C)C. The molecule has 0 N–H and O–H groups in total. The largest absolute Gasteiger partial charge is 0.472 e. The molecular weight excluding hydrogens is 148 g/mol. The monoisotopic (exact) mass is 166 g/mol. The molecule has 1 aromatic heterocycles. The van der Waals surface area contributed by atoms with Crippen molar-refractivity contribution in [2.75, 3.05) is 0 Å². The summed E-state index contributed by atoms with van der Waals surface area (Å²) in [7, 11) is 0. The standard InChI is InChI=1S/C11H18O/c1-8(2)5-10-6-12-7-11(10)9(3)4/h6-9H,5H2,1-4H3. The highest BCUT2D eigenvalue weighted by molar-refractivity contribution is 5.24. The minimum Gasteiger partial charge on any atom is -0.472 e. The van der Waals surface area contributed by atoms with Gasteiger partial charge in [0.25, 0.3) is 0 Å². The summed E-state index contributed by atoms with van der Waals surface area (Å²) in [5.74, 6) is 1.29. The van der Waals surface area contributed by atoms with Crippen LogP contribution in [-0.4, -0.2) is 0 Å². The topological polar surface area (TPSA) is 13.1 Å². The quantitative estimate of drug-likeness (QED) is 0.668. The summed E-state index contributed by atoms with van der Waals surface area (Å²) in [6.45, 7) is 8.87. The van der Waals surface area contributed by atoms with Gasteiger partial charge in [-0.05, 0) is 29.4 Å². The maximum Gasteiger partial charge on any atom is 0.0940 e. The Morgan fingerprint density at radius 1 is 1.17 bits per heavy atom. The molecule has 0 radical (unpaired) electrons. The van der Waals surface area contributed by atoms with E-state index in [0.29, 0.717) is 11.8 Å². The average Bonchev–Trinajstić information content (AvgIpc) is 2.33. The van der Waals surface area contributed by atoms with Crippen molar-refractivity contribution in [3.8, 4) is 0 Å². The second-order valence-electron chi connectivity index (χ2n) is 4.11. The van der Waals surface area contributed by atoms with Crippen molar-refractivity contribution in [3.05, 3.63) is 23.7 Å². The third kappa shape index (κ3) is 2.13. The summed E-state index contributed by atoms with van der Waals surface area (Å²) in [5, 5.41) is 0. The first-order chi connectivity index (χ1) is 5.61. The van der Waals surface area contributed by atoms with Gasteiger partial charge in [0, 0.05) is 0 Å². The van der Waals surface area contributed by atoms with Crippen LogP contribution in [0.2, 0.25) is 0 Å². The fourth-order valence-electron chi connectivity index (χ4n) is 1.45. The molecule has 1 nitrogen and oxygen atoms in total. The lowest BCUT2D eigenvalue weighted by Gasteiger charge is -2.07. The Bertz CT molecular complexity index is 233. The molecule has 0 unspecified atom stereocenters. The van der Waals surface area contributed by atoms with Gasteiger partial charge in [-0.1, -0.05) is 27.7 Å². The first-order valence-corrected chi connectivity index (χ1v) is 4.66. The predicted molar refractivity (Wildman–Crippen MR) is 51.3 cm³/mol. The maximum absolute atomic E-state index is 5.21. The maximum atomic E-state index is 5.21. The van der Waals surface area contributed by atoms with E-state index in [4.69, 9.17) is 4.42 Å². The zero-order valence-corrected chi connectivity index (χ0v) is 8.42. The predicted octanol–water partition coefficient (Wildman–Crippen LogP) is 3.60. The second kappa shape index (κ2) is 3.79. The lowest BCUT2D eigenvalue weighted by Crippen LogP contribution is -1.97. The van der Waals surface area contributed by atoms with Crippen LogP contribution in [0.3, 0.4) is 0 Å². The highest BCUT2D eigenvalue weighted by atomic mass is 16.3. The molecule has 0 aliphatic rings. The molecular formula is C11H18O. The van der Waals surface area contributed by atoms with Crippen molar-refractivity contribution in [3.63, 3.8) is 0 Å². The van der Waals surface area contributed by atoms with Gasteiger partial charge in [0.1, 0.15) is 0 Å². The van der Waals surface area contributed by atoms with E-state index in [9.17, 15) is 0 Å². The van der Waals surface area contributed by atoms with Gasteiger partial charge < -0.3 is 4.42 Å². The molecule has 1 aromatic rings. The fraction of sp³-hybridized carbons (Fsp3) is 0.636. The van der Waals surface area contributed by atoms with Crippen molar-refractivity contribution >= 4 is 0 Å². The van der Waals surface area contributed by atoms with Crippen molar-refractivity contribution in [2.24, 2.45) is 5.92 Å². The van der Waals surface area contributed by atoms with Crippen LogP contribution in [0.15, 0.2) is 16.9 Å². The molecule has 0 saturated heterocycles. The molecule has 0 aliphatic carbocycles. The van der Waals surface area contributed by atoms with Gasteiger partial charge in [-0.25, -0.2) is 0 Å². The van der Waals surface area contributed by atoms with Crippen molar-refractivity contribution < 1.29 is 4.42 Å². The molecule has 0 atom stereocenters. The number of rotatable bonds is 3. The zero-order valence-electron chi connectivity index (χ0n) is 8.42. The zero-order chi connectivity index (χ0) is 9.14. The minimum atomic E-state index is 0.581. The molecule has 12 heavy (non-hydrogen) atoms. The molecule has 1 heteroatoms. The van der Waals surface area contributed by atoms with Crippen molar-refractivity contribution in [1.82, 2.24) is 0 Å². The van der Waals surface area contributed by atoms with Crippen LogP contribution in [0, 0.1) is 5.92 Å². The molecule has 68 valence electrons. The van der Waals surface area contributed by atoms with Gasteiger partial charge in [0.15, 0.2) is 0 Å². The smallest absolute Gasteiger partial charge is 0.0940 e. The third-order valence-corrected chi connectivity index (χ3v) is 2.03. The van der Waals surface area contributed by atoms with Crippen LogP contribution in [0.25, 0.3) is 0 Å². The summed E-state index contributed by atoms with van der Waals surface area (Å²) >= 11 is 0. The molecule has 0 spiro atoms. The van der Waals surface area contributed by atoms with E-state index in [0.717, 1.165) is 6.42 Å². The van der Waals surface area contributed by atoms with Crippen molar-refractivity contribution in [2.45, 2.75) is 40.0 Å². The lowest BCUT2D eigenvalue weighted by molar-refractivity contribution is 0.555. The molecule has 0 aromatic carbocycles. The number of hydrogen-bond donors (Lipinski definition) is 0. The van der Waals surface area contributed by atoms with Gasteiger partial charge in [-0.2, -0.15) is 0 Å². The third-order valence-electron chi connectivity index (χ3n) is 2.03. The van der Waals surface area contributed by atoms with E-state index in [1.54, 1.807) is 0 Å².